The second-order valence-corrected chi connectivity index (χ2v) is 6.40. The first-order valence-corrected chi connectivity index (χ1v) is 7.74. The van der Waals surface area contributed by atoms with Crippen LogP contribution in [-0.2, 0) is 6.42 Å². The van der Waals surface area contributed by atoms with Gasteiger partial charge in [0.25, 0.3) is 0 Å². The summed E-state index contributed by atoms with van der Waals surface area (Å²) in [5.41, 5.74) is 1.76. The van der Waals surface area contributed by atoms with Crippen molar-refractivity contribution in [1.29, 1.82) is 0 Å². The molecule has 1 atom stereocenters. The maximum Gasteiger partial charge on any atom is 0.00107 e. The van der Waals surface area contributed by atoms with Gasteiger partial charge in [-0.3, -0.25) is 0 Å². The minimum absolute atomic E-state index is 0.292. The lowest BCUT2D eigenvalue weighted by Gasteiger charge is -2.34. The van der Waals surface area contributed by atoms with Crippen LogP contribution < -0.4 is 5.32 Å². The SMILES string of the molecule is CCNCC(C)(Cc1cccc2ccccc12)C(C)C. The number of nitrogens with one attached hydrogen (secondary N) is 1. The molecule has 2 rings (SSSR count). The van der Waals surface area contributed by atoms with Crippen molar-refractivity contribution in [2.75, 3.05) is 13.1 Å². The van der Waals surface area contributed by atoms with Gasteiger partial charge in [-0.15, -0.1) is 0 Å². The van der Waals surface area contributed by atoms with Gasteiger partial charge in [-0.05, 0) is 40.6 Å². The zero-order valence-electron chi connectivity index (χ0n) is 13.2. The minimum atomic E-state index is 0.292. The molecule has 108 valence electrons. The Bertz CT molecular complexity index is 553. The number of hydrogen-bond donors (Lipinski definition) is 1. The molecule has 0 aromatic heterocycles. The molecule has 0 saturated carbocycles. The van der Waals surface area contributed by atoms with E-state index in [9.17, 15) is 0 Å². The fourth-order valence-corrected chi connectivity index (χ4v) is 2.76. The third-order valence-corrected chi connectivity index (χ3v) is 4.65. The molecule has 1 unspecified atom stereocenters. The second-order valence-electron chi connectivity index (χ2n) is 6.40. The molecule has 1 nitrogen and oxygen atoms in total. The van der Waals surface area contributed by atoms with Gasteiger partial charge in [0.15, 0.2) is 0 Å². The predicted octanol–water partition coefficient (Wildman–Crippen LogP) is 4.65. The van der Waals surface area contributed by atoms with Crippen molar-refractivity contribution < 1.29 is 0 Å². The van der Waals surface area contributed by atoms with Crippen molar-refractivity contribution >= 4 is 10.8 Å². The molecule has 0 saturated heterocycles. The van der Waals surface area contributed by atoms with Gasteiger partial charge >= 0.3 is 0 Å². The molecule has 20 heavy (non-hydrogen) atoms. The van der Waals surface area contributed by atoms with Gasteiger partial charge in [-0.2, -0.15) is 0 Å². The van der Waals surface area contributed by atoms with Gasteiger partial charge < -0.3 is 5.32 Å². The molecule has 0 aliphatic rings. The first-order chi connectivity index (χ1) is 9.57. The fraction of sp³-hybridized carbons (Fsp3) is 0.474. The third kappa shape index (κ3) is 3.21. The van der Waals surface area contributed by atoms with E-state index in [1.54, 1.807) is 0 Å². The van der Waals surface area contributed by atoms with Crippen LogP contribution in [0.4, 0.5) is 0 Å². The Morgan fingerprint density at radius 1 is 1.05 bits per heavy atom. The molecule has 0 aliphatic carbocycles. The normalized spacial score (nSPS) is 14.7. The van der Waals surface area contributed by atoms with E-state index in [0.29, 0.717) is 11.3 Å². The summed E-state index contributed by atoms with van der Waals surface area (Å²) in [5, 5.41) is 6.29. The quantitative estimate of drug-likeness (QED) is 0.804. The molecule has 0 fully saturated rings. The highest BCUT2D eigenvalue weighted by Gasteiger charge is 2.28. The Kier molecular flexibility index (Phi) is 4.82. The summed E-state index contributed by atoms with van der Waals surface area (Å²) >= 11 is 0. The number of fused-ring (bicyclic) bond motifs is 1. The lowest BCUT2D eigenvalue weighted by Crippen LogP contribution is -2.37. The molecule has 1 heteroatoms. The summed E-state index contributed by atoms with van der Waals surface area (Å²) in [6.07, 6.45) is 1.12. The van der Waals surface area contributed by atoms with Crippen LogP contribution in [0.5, 0.6) is 0 Å². The molecule has 0 amide bonds. The topological polar surface area (TPSA) is 12.0 Å². The van der Waals surface area contributed by atoms with Crippen LogP contribution in [0.1, 0.15) is 33.3 Å². The maximum absolute atomic E-state index is 3.54. The first-order valence-electron chi connectivity index (χ1n) is 7.74. The second kappa shape index (κ2) is 6.41. The van der Waals surface area contributed by atoms with Crippen LogP contribution >= 0.6 is 0 Å². The van der Waals surface area contributed by atoms with E-state index in [4.69, 9.17) is 0 Å². The van der Waals surface area contributed by atoms with Crippen molar-refractivity contribution in [1.82, 2.24) is 5.32 Å². The van der Waals surface area contributed by atoms with Gasteiger partial charge in [-0.1, -0.05) is 70.2 Å². The van der Waals surface area contributed by atoms with Crippen molar-refractivity contribution in [3.8, 4) is 0 Å². The van der Waals surface area contributed by atoms with E-state index in [-0.39, 0.29) is 0 Å². The van der Waals surface area contributed by atoms with Crippen LogP contribution in [0.15, 0.2) is 42.5 Å². The summed E-state index contributed by atoms with van der Waals surface area (Å²) in [4.78, 5) is 0. The van der Waals surface area contributed by atoms with E-state index < -0.39 is 0 Å². The van der Waals surface area contributed by atoms with Gasteiger partial charge in [-0.25, -0.2) is 0 Å². The lowest BCUT2D eigenvalue weighted by molar-refractivity contribution is 0.209. The molecule has 1 N–H and O–H groups in total. The van der Waals surface area contributed by atoms with Crippen molar-refractivity contribution in [3.63, 3.8) is 0 Å². The molecular formula is C19H27N. The van der Waals surface area contributed by atoms with E-state index in [2.05, 4.69) is 75.5 Å². The van der Waals surface area contributed by atoms with Crippen molar-refractivity contribution in [3.05, 3.63) is 48.0 Å². The average Bonchev–Trinajstić information content (AvgIpc) is 2.45. The molecule has 0 bridgehead atoms. The van der Waals surface area contributed by atoms with Crippen molar-refractivity contribution in [2.45, 2.75) is 34.1 Å². The summed E-state index contributed by atoms with van der Waals surface area (Å²) in [6.45, 7) is 11.4. The third-order valence-electron chi connectivity index (χ3n) is 4.65. The highest BCUT2D eigenvalue weighted by atomic mass is 14.9. The Morgan fingerprint density at radius 2 is 1.75 bits per heavy atom. The van der Waals surface area contributed by atoms with Gasteiger partial charge in [0.2, 0.25) is 0 Å². The molecule has 2 aromatic rings. The van der Waals surface area contributed by atoms with Gasteiger partial charge in [0.1, 0.15) is 0 Å². The molecule has 0 heterocycles. The van der Waals surface area contributed by atoms with Gasteiger partial charge in [0, 0.05) is 6.54 Å². The molecular weight excluding hydrogens is 242 g/mol. The van der Waals surface area contributed by atoms with Crippen LogP contribution in [0.25, 0.3) is 10.8 Å². The van der Waals surface area contributed by atoms with E-state index in [0.717, 1.165) is 19.5 Å². The predicted molar refractivity (Wildman–Crippen MR) is 89.1 cm³/mol. The lowest BCUT2D eigenvalue weighted by atomic mass is 9.73. The monoisotopic (exact) mass is 269 g/mol. The van der Waals surface area contributed by atoms with Crippen molar-refractivity contribution in [2.24, 2.45) is 11.3 Å². The summed E-state index contributed by atoms with van der Waals surface area (Å²) in [7, 11) is 0. The van der Waals surface area contributed by atoms with E-state index in [1.165, 1.54) is 16.3 Å². The largest absolute Gasteiger partial charge is 0.316 e. The Hall–Kier alpha value is -1.34. The Balaban J connectivity index is 2.33. The summed E-state index contributed by atoms with van der Waals surface area (Å²) in [6, 6.07) is 15.4. The van der Waals surface area contributed by atoms with Crippen LogP contribution in [0.2, 0.25) is 0 Å². The highest BCUT2D eigenvalue weighted by molar-refractivity contribution is 5.85. The zero-order chi connectivity index (χ0) is 14.6. The number of rotatable bonds is 6. The van der Waals surface area contributed by atoms with Crippen LogP contribution in [-0.4, -0.2) is 13.1 Å². The summed E-state index contributed by atoms with van der Waals surface area (Å²) < 4.78 is 0. The van der Waals surface area contributed by atoms with Gasteiger partial charge in [0.05, 0.1) is 0 Å². The molecule has 0 spiro atoms. The number of benzene rings is 2. The smallest absolute Gasteiger partial charge is 0.00107 e. The molecule has 0 aliphatic heterocycles. The van der Waals surface area contributed by atoms with Crippen LogP contribution in [0.3, 0.4) is 0 Å². The highest BCUT2D eigenvalue weighted by Crippen LogP contribution is 2.33. The fourth-order valence-electron chi connectivity index (χ4n) is 2.76. The van der Waals surface area contributed by atoms with E-state index >= 15 is 0 Å². The maximum atomic E-state index is 3.54. The molecule has 0 radical (unpaired) electrons. The Labute approximate surface area is 123 Å². The van der Waals surface area contributed by atoms with E-state index in [1.807, 2.05) is 0 Å². The summed E-state index contributed by atoms with van der Waals surface area (Å²) in [5.74, 6) is 0.653. The average molecular weight is 269 g/mol. The van der Waals surface area contributed by atoms with Crippen LogP contribution in [0, 0.1) is 11.3 Å². The number of hydrogen-bond acceptors (Lipinski definition) is 1. The zero-order valence-corrected chi connectivity index (χ0v) is 13.2. The Morgan fingerprint density at radius 3 is 2.45 bits per heavy atom. The molecule has 2 aromatic carbocycles. The standard InChI is InChI=1S/C19H27N/c1-5-20-14-19(4,15(2)3)13-17-11-8-10-16-9-6-7-12-18(16)17/h6-12,15,20H,5,13-14H2,1-4H3. The minimum Gasteiger partial charge on any atom is -0.316 e. The first kappa shape index (κ1) is 15.1.